The number of nitrogens with zero attached hydrogens (tertiary/aromatic N) is 3. The molecule has 0 aromatic carbocycles. The van der Waals surface area contributed by atoms with Crippen molar-refractivity contribution in [3.05, 3.63) is 11.9 Å². The lowest BCUT2D eigenvalue weighted by Crippen LogP contribution is -2.10. The number of hydrogen-bond donors (Lipinski definition) is 1. The van der Waals surface area contributed by atoms with Crippen LogP contribution in [0.15, 0.2) is 6.20 Å². The average Bonchev–Trinajstić information content (AvgIpc) is 2.67. The maximum atomic E-state index is 5.95. The van der Waals surface area contributed by atoms with E-state index in [1.165, 1.54) is 0 Å². The molecule has 0 spiro atoms. The molecule has 1 aromatic heterocycles. The van der Waals surface area contributed by atoms with E-state index in [4.69, 9.17) is 5.73 Å². The molecule has 0 aliphatic carbocycles. The first-order valence-corrected chi connectivity index (χ1v) is 6.66. The minimum absolute atomic E-state index is 0.0441. The maximum Gasteiger partial charge on any atom is 0.0994 e. The normalized spacial score (nSPS) is 13.0. The summed E-state index contributed by atoms with van der Waals surface area (Å²) < 4.78 is 1.88. The molecule has 0 saturated heterocycles. The number of aromatic nitrogens is 3. The molecule has 2 N–H and O–H groups in total. The van der Waals surface area contributed by atoms with Crippen LogP contribution in [-0.4, -0.2) is 26.5 Å². The molecule has 4 nitrogen and oxygen atoms in total. The van der Waals surface area contributed by atoms with Crippen LogP contribution in [0.5, 0.6) is 0 Å². The van der Waals surface area contributed by atoms with Crippen molar-refractivity contribution >= 4 is 11.8 Å². The molecule has 86 valence electrons. The third kappa shape index (κ3) is 4.22. The highest BCUT2D eigenvalue weighted by Crippen LogP contribution is 2.12. The molecule has 1 heterocycles. The molecule has 0 bridgehead atoms. The zero-order chi connectivity index (χ0) is 11.1. The van der Waals surface area contributed by atoms with Crippen LogP contribution in [0.4, 0.5) is 0 Å². The molecule has 0 aliphatic rings. The number of hydrogen-bond acceptors (Lipinski definition) is 4. The molecular weight excluding hydrogens is 208 g/mol. The Morgan fingerprint density at radius 3 is 3.00 bits per heavy atom. The van der Waals surface area contributed by atoms with E-state index in [-0.39, 0.29) is 6.04 Å². The van der Waals surface area contributed by atoms with Crippen LogP contribution in [0.2, 0.25) is 0 Å². The van der Waals surface area contributed by atoms with Gasteiger partial charge in [-0.3, -0.25) is 4.68 Å². The molecule has 1 rings (SSSR count). The Morgan fingerprint density at radius 2 is 2.33 bits per heavy atom. The Hall–Kier alpha value is -0.550. The van der Waals surface area contributed by atoms with Crippen molar-refractivity contribution in [1.29, 1.82) is 0 Å². The van der Waals surface area contributed by atoms with Crippen molar-refractivity contribution in [1.82, 2.24) is 15.0 Å². The standard InChI is InChI=1S/C10H20N4S/c1-3-5-9(11)10-8-14(13-12-10)6-7-15-4-2/h8-9H,3-7,11H2,1-2H3. The fraction of sp³-hybridized carbons (Fsp3) is 0.800. The highest BCUT2D eigenvalue weighted by Gasteiger charge is 2.08. The van der Waals surface area contributed by atoms with Crippen molar-refractivity contribution in [3.63, 3.8) is 0 Å². The molecule has 1 unspecified atom stereocenters. The summed E-state index contributed by atoms with van der Waals surface area (Å²) in [5.74, 6) is 2.24. The average molecular weight is 228 g/mol. The Balaban J connectivity index is 2.41. The van der Waals surface area contributed by atoms with Crippen LogP contribution in [0.1, 0.15) is 38.4 Å². The summed E-state index contributed by atoms with van der Waals surface area (Å²) in [7, 11) is 0. The molecule has 0 saturated carbocycles. The third-order valence-corrected chi connectivity index (χ3v) is 3.08. The van der Waals surface area contributed by atoms with Gasteiger partial charge in [0.05, 0.1) is 24.5 Å². The highest BCUT2D eigenvalue weighted by atomic mass is 32.2. The summed E-state index contributed by atoms with van der Waals surface area (Å²) in [4.78, 5) is 0. The number of nitrogens with two attached hydrogens (primary N) is 1. The second-order valence-corrected chi connectivity index (χ2v) is 4.89. The van der Waals surface area contributed by atoms with Gasteiger partial charge in [0.2, 0.25) is 0 Å². The fourth-order valence-corrected chi connectivity index (χ4v) is 1.96. The minimum atomic E-state index is 0.0441. The van der Waals surface area contributed by atoms with Gasteiger partial charge in [-0.1, -0.05) is 25.5 Å². The molecule has 15 heavy (non-hydrogen) atoms. The van der Waals surface area contributed by atoms with E-state index >= 15 is 0 Å². The van der Waals surface area contributed by atoms with E-state index in [0.29, 0.717) is 0 Å². The first-order valence-electron chi connectivity index (χ1n) is 5.51. The Bertz CT molecular complexity index is 274. The van der Waals surface area contributed by atoms with Crippen molar-refractivity contribution in [2.45, 2.75) is 39.3 Å². The van der Waals surface area contributed by atoms with Gasteiger partial charge in [-0.2, -0.15) is 11.8 Å². The quantitative estimate of drug-likeness (QED) is 0.723. The third-order valence-electron chi connectivity index (χ3n) is 2.20. The first-order chi connectivity index (χ1) is 7.27. The van der Waals surface area contributed by atoms with Gasteiger partial charge >= 0.3 is 0 Å². The zero-order valence-corrected chi connectivity index (χ0v) is 10.3. The summed E-state index contributed by atoms with van der Waals surface area (Å²) in [6, 6.07) is 0.0441. The summed E-state index contributed by atoms with van der Waals surface area (Å²) in [5.41, 5.74) is 6.87. The Kier molecular flexibility index (Phi) is 5.71. The van der Waals surface area contributed by atoms with E-state index in [2.05, 4.69) is 24.2 Å². The lowest BCUT2D eigenvalue weighted by atomic mass is 10.1. The SMILES string of the molecule is CCCC(N)c1cn(CCSCC)nn1. The zero-order valence-electron chi connectivity index (χ0n) is 9.52. The summed E-state index contributed by atoms with van der Waals surface area (Å²) in [6.45, 7) is 5.21. The van der Waals surface area contributed by atoms with Crippen LogP contribution in [0.3, 0.4) is 0 Å². The van der Waals surface area contributed by atoms with Gasteiger partial charge in [-0.05, 0) is 12.2 Å². The number of aryl methyl sites for hydroxylation is 1. The predicted octanol–water partition coefficient (Wildman–Crippen LogP) is 1.83. The second-order valence-electron chi connectivity index (χ2n) is 3.50. The van der Waals surface area contributed by atoms with Crippen molar-refractivity contribution in [2.75, 3.05) is 11.5 Å². The van der Waals surface area contributed by atoms with Gasteiger partial charge in [-0.15, -0.1) is 5.10 Å². The lowest BCUT2D eigenvalue weighted by molar-refractivity contribution is 0.615. The predicted molar refractivity (Wildman–Crippen MR) is 64.9 cm³/mol. The minimum Gasteiger partial charge on any atom is -0.323 e. The maximum absolute atomic E-state index is 5.95. The van der Waals surface area contributed by atoms with E-state index in [1.807, 2.05) is 22.6 Å². The highest BCUT2D eigenvalue weighted by molar-refractivity contribution is 7.99. The molecule has 0 aliphatic heterocycles. The smallest absolute Gasteiger partial charge is 0.0994 e. The molecule has 5 heteroatoms. The van der Waals surface area contributed by atoms with Gasteiger partial charge in [0.25, 0.3) is 0 Å². The van der Waals surface area contributed by atoms with Gasteiger partial charge in [0.1, 0.15) is 0 Å². The van der Waals surface area contributed by atoms with Gasteiger partial charge in [0, 0.05) is 5.75 Å². The van der Waals surface area contributed by atoms with Gasteiger partial charge in [0.15, 0.2) is 0 Å². The van der Waals surface area contributed by atoms with Crippen molar-refractivity contribution in [2.24, 2.45) is 5.73 Å². The van der Waals surface area contributed by atoms with Crippen LogP contribution < -0.4 is 5.73 Å². The van der Waals surface area contributed by atoms with Crippen LogP contribution in [0, 0.1) is 0 Å². The van der Waals surface area contributed by atoms with Gasteiger partial charge < -0.3 is 5.73 Å². The number of thioether (sulfide) groups is 1. The molecule has 0 radical (unpaired) electrons. The second kappa shape index (κ2) is 6.85. The van der Waals surface area contributed by atoms with Crippen molar-refractivity contribution in [3.8, 4) is 0 Å². The summed E-state index contributed by atoms with van der Waals surface area (Å²) >= 11 is 1.91. The van der Waals surface area contributed by atoms with Crippen molar-refractivity contribution < 1.29 is 0 Å². The summed E-state index contributed by atoms with van der Waals surface area (Å²) in [5, 5.41) is 8.16. The monoisotopic (exact) mass is 228 g/mol. The first kappa shape index (κ1) is 12.5. The van der Waals surface area contributed by atoms with Crippen LogP contribution in [0.25, 0.3) is 0 Å². The van der Waals surface area contributed by atoms with Crippen LogP contribution in [-0.2, 0) is 6.54 Å². The van der Waals surface area contributed by atoms with E-state index in [1.54, 1.807) is 0 Å². The number of rotatable bonds is 7. The van der Waals surface area contributed by atoms with E-state index in [0.717, 1.165) is 36.6 Å². The molecule has 0 fully saturated rings. The van der Waals surface area contributed by atoms with Gasteiger partial charge in [-0.25, -0.2) is 0 Å². The summed E-state index contributed by atoms with van der Waals surface area (Å²) in [6.07, 6.45) is 4.03. The Morgan fingerprint density at radius 1 is 1.53 bits per heavy atom. The van der Waals surface area contributed by atoms with E-state index in [9.17, 15) is 0 Å². The Labute approximate surface area is 95.6 Å². The molecule has 1 atom stereocenters. The topological polar surface area (TPSA) is 56.7 Å². The largest absolute Gasteiger partial charge is 0.323 e. The van der Waals surface area contributed by atoms with E-state index < -0.39 is 0 Å². The molecule has 1 aromatic rings. The molecule has 0 amide bonds. The fourth-order valence-electron chi connectivity index (χ4n) is 1.35. The van der Waals surface area contributed by atoms with Crippen LogP contribution >= 0.6 is 11.8 Å². The molecular formula is C10H20N4S. The lowest BCUT2D eigenvalue weighted by Gasteiger charge is -2.04.